The number of rotatable bonds is 8. The van der Waals surface area contributed by atoms with Gasteiger partial charge in [-0.3, -0.25) is 9.59 Å². The Kier molecular flexibility index (Phi) is 7.80. The van der Waals surface area contributed by atoms with Gasteiger partial charge in [0.2, 0.25) is 0 Å². The largest absolute Gasteiger partial charge is 0.481 e. The van der Waals surface area contributed by atoms with Crippen LogP contribution < -0.4 is 5.32 Å². The minimum absolute atomic E-state index is 0.365. The first-order valence-electron chi connectivity index (χ1n) is 11.7. The molecule has 1 aliphatic carbocycles. The van der Waals surface area contributed by atoms with E-state index in [-0.39, 0.29) is 0 Å². The van der Waals surface area contributed by atoms with Crippen molar-refractivity contribution in [2.45, 2.75) is 31.8 Å². The molecule has 1 saturated carbocycles. The van der Waals surface area contributed by atoms with E-state index in [1.165, 1.54) is 16.4 Å². The first-order valence-corrected chi connectivity index (χ1v) is 12.4. The number of hydrogen-bond acceptors (Lipinski definition) is 6. The van der Waals surface area contributed by atoms with Gasteiger partial charge in [-0.05, 0) is 53.6 Å². The fourth-order valence-electron chi connectivity index (χ4n) is 4.12. The molecular weight excluding hydrogens is 472 g/mol. The zero-order chi connectivity index (χ0) is 25.5. The highest BCUT2D eigenvalue weighted by Crippen LogP contribution is 2.48. The van der Waals surface area contributed by atoms with E-state index in [0.29, 0.717) is 13.1 Å². The van der Waals surface area contributed by atoms with Crippen molar-refractivity contribution in [1.82, 2.24) is 4.37 Å². The Labute approximate surface area is 214 Å². The first kappa shape index (κ1) is 25.1. The normalized spacial score (nSPS) is 13.2. The van der Waals surface area contributed by atoms with Crippen LogP contribution >= 0.6 is 11.5 Å². The Morgan fingerprint density at radius 2 is 1.58 bits per heavy atom. The maximum atomic E-state index is 11.5. The number of aliphatic carboxylic acids is 1. The lowest BCUT2D eigenvalue weighted by Crippen LogP contribution is -2.19. The fourth-order valence-corrected chi connectivity index (χ4v) is 4.84. The maximum absolute atomic E-state index is 11.5. The van der Waals surface area contributed by atoms with Crippen LogP contribution in [-0.4, -0.2) is 29.0 Å². The van der Waals surface area contributed by atoms with Crippen LogP contribution in [0.15, 0.2) is 78.9 Å². The van der Waals surface area contributed by atoms with E-state index in [9.17, 15) is 14.7 Å². The molecule has 0 bridgehead atoms. The van der Waals surface area contributed by atoms with E-state index < -0.39 is 11.4 Å². The van der Waals surface area contributed by atoms with Crippen LogP contribution in [0.4, 0.5) is 5.69 Å². The van der Waals surface area contributed by atoms with Gasteiger partial charge in [0.05, 0.1) is 11.1 Å². The average molecular weight is 501 g/mol. The number of carbonyl (C=O) groups excluding carboxylic acids is 1. The first-order chi connectivity index (χ1) is 17.5. The second kappa shape index (κ2) is 11.2. The standard InChI is InChI=1S/C21H20N2O2S.C8H8O2/c1-13-18(22-2)19(23-26-13)16-5-3-14(4-6-16)15-7-9-17(10-8-15)21(11-12-21)20(24)25;9-7-10-6-8-4-2-1-3-5-8/h3-10,22H,11-12H2,1-2H3,(H,24,25);1-5,7H,6H2. The van der Waals surface area contributed by atoms with Crippen molar-refractivity contribution < 1.29 is 19.4 Å². The maximum Gasteiger partial charge on any atom is 0.314 e. The topological polar surface area (TPSA) is 88.5 Å². The second-order valence-corrected chi connectivity index (χ2v) is 9.62. The predicted molar refractivity (Wildman–Crippen MR) is 143 cm³/mol. The van der Waals surface area contributed by atoms with E-state index in [1.807, 2.05) is 61.6 Å². The third-order valence-electron chi connectivity index (χ3n) is 6.36. The van der Waals surface area contributed by atoms with Crippen LogP contribution in [0.25, 0.3) is 22.4 Å². The number of carboxylic acid groups (broad SMARTS) is 1. The smallest absolute Gasteiger partial charge is 0.314 e. The summed E-state index contributed by atoms with van der Waals surface area (Å²) in [6.07, 6.45) is 1.47. The number of carboxylic acids is 1. The van der Waals surface area contributed by atoms with Crippen molar-refractivity contribution in [3.8, 4) is 22.4 Å². The summed E-state index contributed by atoms with van der Waals surface area (Å²) in [6.45, 7) is 2.88. The lowest BCUT2D eigenvalue weighted by atomic mass is 9.93. The van der Waals surface area contributed by atoms with E-state index in [1.54, 1.807) is 0 Å². The molecule has 0 atom stereocenters. The summed E-state index contributed by atoms with van der Waals surface area (Å²) >= 11 is 1.50. The molecule has 1 aliphatic rings. The highest BCUT2D eigenvalue weighted by Gasteiger charge is 2.51. The molecule has 6 nitrogen and oxygen atoms in total. The number of aromatic nitrogens is 1. The molecule has 1 aromatic heterocycles. The van der Waals surface area contributed by atoms with Crippen molar-refractivity contribution in [3.05, 3.63) is 94.9 Å². The van der Waals surface area contributed by atoms with Gasteiger partial charge in [-0.1, -0.05) is 78.9 Å². The Hall–Kier alpha value is -3.97. The van der Waals surface area contributed by atoms with Gasteiger partial charge in [-0.15, -0.1) is 0 Å². The van der Waals surface area contributed by atoms with Crippen LogP contribution in [0.1, 0.15) is 28.8 Å². The molecule has 36 heavy (non-hydrogen) atoms. The Morgan fingerprint density at radius 3 is 2.11 bits per heavy atom. The van der Waals surface area contributed by atoms with E-state index >= 15 is 0 Å². The van der Waals surface area contributed by atoms with Crippen LogP contribution in [0.2, 0.25) is 0 Å². The number of nitrogens with one attached hydrogen (secondary N) is 1. The summed E-state index contributed by atoms with van der Waals surface area (Å²) in [4.78, 5) is 22.4. The number of nitrogens with zero attached hydrogens (tertiary/aromatic N) is 1. The SMILES string of the molecule is CNc1c(-c2ccc(-c3ccc(C4(C(=O)O)CC4)cc3)cc2)nsc1C.O=COCc1ccccc1. The molecule has 0 radical (unpaired) electrons. The van der Waals surface area contributed by atoms with Gasteiger partial charge in [0.25, 0.3) is 6.47 Å². The monoisotopic (exact) mass is 500 g/mol. The summed E-state index contributed by atoms with van der Waals surface area (Å²) in [5.74, 6) is -0.714. The quantitative estimate of drug-likeness (QED) is 0.276. The van der Waals surface area contributed by atoms with Gasteiger partial charge < -0.3 is 15.2 Å². The number of aryl methyl sites for hydroxylation is 1. The molecule has 0 aliphatic heterocycles. The van der Waals surface area contributed by atoms with Gasteiger partial charge in [-0.25, -0.2) is 0 Å². The summed E-state index contributed by atoms with van der Waals surface area (Å²) < 4.78 is 9.08. The number of anilines is 1. The van der Waals surface area contributed by atoms with Gasteiger partial charge in [0.1, 0.15) is 12.3 Å². The Balaban J connectivity index is 0.000000256. The second-order valence-electron chi connectivity index (χ2n) is 8.65. The van der Waals surface area contributed by atoms with Crippen molar-refractivity contribution >= 4 is 29.7 Å². The van der Waals surface area contributed by atoms with Crippen molar-refractivity contribution in [3.63, 3.8) is 0 Å². The lowest BCUT2D eigenvalue weighted by molar-refractivity contribution is -0.140. The van der Waals surface area contributed by atoms with Crippen LogP contribution in [0, 0.1) is 6.92 Å². The van der Waals surface area contributed by atoms with Crippen LogP contribution in [0.5, 0.6) is 0 Å². The van der Waals surface area contributed by atoms with Crippen LogP contribution in [-0.2, 0) is 26.3 Å². The number of hydrogen-bond donors (Lipinski definition) is 2. The number of benzene rings is 3. The molecule has 2 N–H and O–H groups in total. The Bertz CT molecular complexity index is 1310. The van der Waals surface area contributed by atoms with Crippen molar-refractivity contribution in [2.24, 2.45) is 0 Å². The highest BCUT2D eigenvalue weighted by atomic mass is 32.1. The van der Waals surface area contributed by atoms with Gasteiger partial charge in [0, 0.05) is 17.5 Å². The van der Waals surface area contributed by atoms with E-state index in [4.69, 9.17) is 0 Å². The van der Waals surface area contributed by atoms with Crippen LogP contribution in [0.3, 0.4) is 0 Å². The molecular formula is C29H28N2O4S. The van der Waals surface area contributed by atoms with Crippen molar-refractivity contribution in [2.75, 3.05) is 12.4 Å². The predicted octanol–water partition coefficient (Wildman–Crippen LogP) is 6.30. The number of carbonyl (C=O) groups is 2. The van der Waals surface area contributed by atoms with E-state index in [2.05, 4.69) is 45.6 Å². The fraction of sp³-hybridized carbons (Fsp3) is 0.207. The van der Waals surface area contributed by atoms with E-state index in [0.717, 1.165) is 52.0 Å². The molecule has 0 spiro atoms. The molecule has 7 heteroatoms. The molecule has 0 amide bonds. The molecule has 5 rings (SSSR count). The van der Waals surface area contributed by atoms with Gasteiger partial charge in [0.15, 0.2) is 0 Å². The third-order valence-corrected chi connectivity index (χ3v) is 7.11. The number of ether oxygens (including phenoxy) is 1. The molecule has 3 aromatic carbocycles. The lowest BCUT2D eigenvalue weighted by Gasteiger charge is -2.11. The molecule has 0 saturated heterocycles. The minimum atomic E-state index is -0.714. The van der Waals surface area contributed by atoms with Crippen molar-refractivity contribution in [1.29, 1.82) is 0 Å². The Morgan fingerprint density at radius 1 is 1.00 bits per heavy atom. The average Bonchev–Trinajstić information content (AvgIpc) is 3.66. The zero-order valence-corrected chi connectivity index (χ0v) is 21.0. The zero-order valence-electron chi connectivity index (χ0n) is 20.2. The summed E-state index contributed by atoms with van der Waals surface area (Å²) in [5, 5.41) is 12.6. The van der Waals surface area contributed by atoms with Gasteiger partial charge >= 0.3 is 5.97 Å². The summed E-state index contributed by atoms with van der Waals surface area (Å²) in [6, 6.07) is 25.8. The molecule has 0 unspecified atom stereocenters. The molecule has 1 heterocycles. The molecule has 184 valence electrons. The van der Waals surface area contributed by atoms with Gasteiger partial charge in [-0.2, -0.15) is 4.37 Å². The summed E-state index contributed by atoms with van der Waals surface area (Å²) in [5.41, 5.74) is 6.61. The summed E-state index contributed by atoms with van der Waals surface area (Å²) in [7, 11) is 1.92. The highest BCUT2D eigenvalue weighted by molar-refractivity contribution is 7.06. The molecule has 1 fully saturated rings. The molecule has 4 aromatic rings. The minimum Gasteiger partial charge on any atom is -0.481 e. The third kappa shape index (κ3) is 5.47.